The Balaban J connectivity index is 1.98. The first kappa shape index (κ1) is 13.0. The van der Waals surface area contributed by atoms with E-state index in [9.17, 15) is 5.11 Å². The van der Waals surface area contributed by atoms with Crippen molar-refractivity contribution in [1.82, 2.24) is 5.32 Å². The third kappa shape index (κ3) is 1.91. The smallest absolute Gasteiger partial charge is 0.195 e. The van der Waals surface area contributed by atoms with Gasteiger partial charge in [0.1, 0.15) is 0 Å². The minimum atomic E-state index is -0.360. The monoisotopic (exact) mass is 283 g/mol. The Morgan fingerprint density at radius 1 is 1.24 bits per heavy atom. The van der Waals surface area contributed by atoms with E-state index in [1.807, 2.05) is 0 Å². The summed E-state index contributed by atoms with van der Waals surface area (Å²) in [6, 6.07) is 0. The molecular formula is C18H21NO2. The Morgan fingerprint density at radius 2 is 2.14 bits per heavy atom. The van der Waals surface area contributed by atoms with Gasteiger partial charge >= 0.3 is 0 Å². The summed E-state index contributed by atoms with van der Waals surface area (Å²) in [6.07, 6.45) is 11.4. The van der Waals surface area contributed by atoms with Gasteiger partial charge in [0.25, 0.3) is 0 Å². The molecule has 3 aliphatic carbocycles. The molecule has 0 spiro atoms. The topological polar surface area (TPSA) is 41.5 Å². The first-order chi connectivity index (χ1) is 10.3. The first-order valence-electron chi connectivity index (χ1n) is 7.81. The molecule has 3 nitrogen and oxygen atoms in total. The highest BCUT2D eigenvalue weighted by Crippen LogP contribution is 2.45. The maximum atomic E-state index is 10.6. The van der Waals surface area contributed by atoms with Crippen molar-refractivity contribution < 1.29 is 9.84 Å². The van der Waals surface area contributed by atoms with Gasteiger partial charge in [-0.3, -0.25) is 0 Å². The standard InChI is InChI=1S/C18H21NO2/c1-21-18-17-15-11(4-2-6-13(15)10-19-18)8-9-12-5-3-7-14(20)16(12)17/h2,4,8,14,19-20H,3,5-7,9-10H2,1H3. The van der Waals surface area contributed by atoms with Gasteiger partial charge in [0, 0.05) is 12.1 Å². The van der Waals surface area contributed by atoms with Crippen molar-refractivity contribution in [3.05, 3.63) is 57.5 Å². The van der Waals surface area contributed by atoms with Gasteiger partial charge in [-0.05, 0) is 54.4 Å². The fourth-order valence-corrected chi connectivity index (χ4v) is 4.00. The number of fused-ring (bicyclic) bond motifs is 1. The number of ether oxygens (including phenoxy) is 1. The van der Waals surface area contributed by atoms with E-state index < -0.39 is 0 Å². The van der Waals surface area contributed by atoms with Crippen LogP contribution in [-0.2, 0) is 4.74 Å². The molecule has 0 saturated carbocycles. The summed E-state index contributed by atoms with van der Waals surface area (Å²) in [7, 11) is 1.71. The quantitative estimate of drug-likeness (QED) is 0.777. The van der Waals surface area contributed by atoms with Crippen LogP contribution in [0, 0.1) is 0 Å². The second-order valence-electron chi connectivity index (χ2n) is 6.14. The third-order valence-corrected chi connectivity index (χ3v) is 4.96. The van der Waals surface area contributed by atoms with Crippen LogP contribution in [0.25, 0.3) is 0 Å². The predicted octanol–water partition coefficient (Wildman–Crippen LogP) is 2.88. The van der Waals surface area contributed by atoms with Gasteiger partial charge in [-0.2, -0.15) is 0 Å². The van der Waals surface area contributed by atoms with Crippen LogP contribution in [0.15, 0.2) is 57.5 Å². The molecule has 0 aromatic heterocycles. The van der Waals surface area contributed by atoms with Crippen LogP contribution < -0.4 is 5.32 Å². The molecule has 0 amide bonds. The molecule has 0 saturated heterocycles. The second kappa shape index (κ2) is 4.92. The molecule has 0 bridgehead atoms. The molecule has 0 fully saturated rings. The number of nitrogens with one attached hydrogen (secondary N) is 1. The van der Waals surface area contributed by atoms with Crippen LogP contribution in [0.2, 0.25) is 0 Å². The third-order valence-electron chi connectivity index (χ3n) is 4.96. The second-order valence-corrected chi connectivity index (χ2v) is 6.14. The molecule has 4 aliphatic rings. The van der Waals surface area contributed by atoms with E-state index in [0.717, 1.165) is 55.7 Å². The molecule has 0 aromatic rings. The number of hydrogen-bond donors (Lipinski definition) is 2. The van der Waals surface area contributed by atoms with Gasteiger partial charge in [-0.1, -0.05) is 23.8 Å². The molecule has 3 heteroatoms. The molecule has 1 aliphatic heterocycles. The fourth-order valence-electron chi connectivity index (χ4n) is 4.00. The van der Waals surface area contributed by atoms with Crippen molar-refractivity contribution in [1.29, 1.82) is 0 Å². The van der Waals surface area contributed by atoms with E-state index in [-0.39, 0.29) is 6.10 Å². The van der Waals surface area contributed by atoms with E-state index in [4.69, 9.17) is 4.74 Å². The molecule has 4 rings (SSSR count). The van der Waals surface area contributed by atoms with E-state index in [2.05, 4.69) is 23.5 Å². The molecule has 0 aromatic carbocycles. The minimum Gasteiger partial charge on any atom is -0.482 e. The van der Waals surface area contributed by atoms with Crippen molar-refractivity contribution in [3.63, 3.8) is 0 Å². The highest BCUT2D eigenvalue weighted by Gasteiger charge is 2.35. The highest BCUT2D eigenvalue weighted by molar-refractivity contribution is 5.68. The van der Waals surface area contributed by atoms with Gasteiger partial charge in [-0.15, -0.1) is 0 Å². The first-order valence-corrected chi connectivity index (χ1v) is 7.81. The zero-order valence-corrected chi connectivity index (χ0v) is 12.4. The molecule has 1 atom stereocenters. The maximum absolute atomic E-state index is 10.6. The Kier molecular flexibility index (Phi) is 3.03. The highest BCUT2D eigenvalue weighted by atomic mass is 16.5. The number of dihydropyridines is 1. The minimum absolute atomic E-state index is 0.360. The van der Waals surface area contributed by atoms with Crippen LogP contribution in [0.4, 0.5) is 0 Å². The summed E-state index contributed by atoms with van der Waals surface area (Å²) in [6.45, 7) is 0.836. The maximum Gasteiger partial charge on any atom is 0.195 e. The van der Waals surface area contributed by atoms with Gasteiger partial charge < -0.3 is 15.2 Å². The van der Waals surface area contributed by atoms with Crippen molar-refractivity contribution >= 4 is 0 Å². The molecule has 21 heavy (non-hydrogen) atoms. The summed E-state index contributed by atoms with van der Waals surface area (Å²) in [5.41, 5.74) is 7.63. The fraction of sp³-hybridized carbons (Fsp3) is 0.444. The van der Waals surface area contributed by atoms with E-state index in [1.54, 1.807) is 7.11 Å². The molecule has 0 radical (unpaired) electrons. The summed E-state index contributed by atoms with van der Waals surface area (Å²) < 4.78 is 5.62. The Bertz CT molecular complexity index is 646. The number of aliphatic hydroxyl groups excluding tert-OH is 1. The lowest BCUT2D eigenvalue weighted by atomic mass is 9.78. The van der Waals surface area contributed by atoms with Crippen LogP contribution >= 0.6 is 0 Å². The van der Waals surface area contributed by atoms with Crippen molar-refractivity contribution in [2.75, 3.05) is 13.7 Å². The molecule has 1 unspecified atom stereocenters. The molecule has 2 N–H and O–H groups in total. The number of hydrogen-bond acceptors (Lipinski definition) is 3. The van der Waals surface area contributed by atoms with Gasteiger partial charge in [0.05, 0.1) is 13.2 Å². The van der Waals surface area contributed by atoms with Crippen LogP contribution in [0.1, 0.15) is 32.1 Å². The molecular weight excluding hydrogens is 262 g/mol. The normalized spacial score (nSPS) is 27.7. The van der Waals surface area contributed by atoms with Crippen LogP contribution in [-0.4, -0.2) is 24.9 Å². The van der Waals surface area contributed by atoms with Gasteiger partial charge in [0.15, 0.2) is 5.88 Å². The van der Waals surface area contributed by atoms with Crippen molar-refractivity contribution in [2.45, 2.75) is 38.2 Å². The average Bonchev–Trinajstić information content (AvgIpc) is 2.68. The summed E-state index contributed by atoms with van der Waals surface area (Å²) >= 11 is 0. The largest absolute Gasteiger partial charge is 0.482 e. The Hall–Kier alpha value is -1.74. The van der Waals surface area contributed by atoms with Gasteiger partial charge in [-0.25, -0.2) is 0 Å². The number of allylic oxidation sites excluding steroid dienone is 6. The summed E-state index contributed by atoms with van der Waals surface area (Å²) in [4.78, 5) is 0. The van der Waals surface area contributed by atoms with Crippen molar-refractivity contribution in [3.8, 4) is 0 Å². The number of methoxy groups -OCH3 is 1. The lowest BCUT2D eigenvalue weighted by molar-refractivity contribution is 0.187. The summed E-state index contributed by atoms with van der Waals surface area (Å²) in [5.74, 6) is 0.824. The Labute approximate surface area is 125 Å². The van der Waals surface area contributed by atoms with E-state index in [1.165, 1.54) is 22.3 Å². The zero-order valence-electron chi connectivity index (χ0n) is 12.4. The predicted molar refractivity (Wildman–Crippen MR) is 82.4 cm³/mol. The lowest BCUT2D eigenvalue weighted by Crippen LogP contribution is -2.30. The average molecular weight is 283 g/mol. The zero-order chi connectivity index (χ0) is 14.4. The van der Waals surface area contributed by atoms with Crippen LogP contribution in [0.3, 0.4) is 0 Å². The lowest BCUT2D eigenvalue weighted by Gasteiger charge is -2.33. The molecule has 110 valence electrons. The number of rotatable bonds is 1. The van der Waals surface area contributed by atoms with Crippen molar-refractivity contribution in [2.24, 2.45) is 0 Å². The Morgan fingerprint density at radius 3 is 3.00 bits per heavy atom. The summed E-state index contributed by atoms with van der Waals surface area (Å²) in [5, 5.41) is 14.0. The van der Waals surface area contributed by atoms with E-state index >= 15 is 0 Å². The SMILES string of the molecule is COC1=C2C3=C(CC=CC3=CCC3=C2C(O)CCC3)CN1. The van der Waals surface area contributed by atoms with Crippen LogP contribution in [0.5, 0.6) is 0 Å². The molecule has 1 heterocycles. The number of aliphatic hydroxyl groups is 1. The van der Waals surface area contributed by atoms with E-state index in [0.29, 0.717) is 0 Å². The van der Waals surface area contributed by atoms with Gasteiger partial charge in [0.2, 0.25) is 0 Å².